The zero-order chi connectivity index (χ0) is 13.4. The number of rotatable bonds is 1. The number of aromatic hydroxyl groups is 1. The number of hydrogen-bond donors (Lipinski definition) is 1. The molecule has 3 aromatic rings. The van der Waals surface area contributed by atoms with Crippen molar-refractivity contribution in [2.45, 2.75) is 13.8 Å². The summed E-state index contributed by atoms with van der Waals surface area (Å²) in [4.78, 5) is 4.71. The fourth-order valence-electron chi connectivity index (χ4n) is 2.41. The van der Waals surface area contributed by atoms with Gasteiger partial charge in [0.2, 0.25) is 0 Å². The standard InChI is InChI=1S/C17H15NO/c1-11-12(2)17(14-8-4-6-10-16(14)19)18-15-9-5-3-7-13(11)15/h3-10,19H,1-2H3. The van der Waals surface area contributed by atoms with Crippen molar-refractivity contribution >= 4 is 10.9 Å². The Bertz CT molecular complexity index is 762. The van der Waals surface area contributed by atoms with Crippen LogP contribution in [0.25, 0.3) is 22.2 Å². The maximum atomic E-state index is 10.0. The lowest BCUT2D eigenvalue weighted by Crippen LogP contribution is -1.94. The van der Waals surface area contributed by atoms with Crippen LogP contribution in [0.5, 0.6) is 5.75 Å². The highest BCUT2D eigenvalue weighted by Gasteiger charge is 2.12. The molecule has 1 N–H and O–H groups in total. The minimum atomic E-state index is 0.271. The maximum absolute atomic E-state index is 10.0. The second-order valence-corrected chi connectivity index (χ2v) is 4.74. The second-order valence-electron chi connectivity index (χ2n) is 4.74. The van der Waals surface area contributed by atoms with Crippen LogP contribution >= 0.6 is 0 Å². The molecule has 0 aliphatic rings. The summed E-state index contributed by atoms with van der Waals surface area (Å²) in [5.41, 5.74) is 4.93. The van der Waals surface area contributed by atoms with E-state index in [-0.39, 0.29) is 5.75 Å². The number of phenolic OH excluding ortho intramolecular Hbond substituents is 1. The number of fused-ring (bicyclic) bond motifs is 1. The number of nitrogens with zero attached hydrogens (tertiary/aromatic N) is 1. The number of benzene rings is 2. The largest absolute Gasteiger partial charge is 0.507 e. The molecule has 19 heavy (non-hydrogen) atoms. The van der Waals surface area contributed by atoms with Crippen molar-refractivity contribution in [3.05, 3.63) is 59.7 Å². The first-order valence-electron chi connectivity index (χ1n) is 6.33. The molecule has 0 unspecified atom stereocenters. The van der Waals surface area contributed by atoms with Gasteiger partial charge in [-0.1, -0.05) is 30.3 Å². The van der Waals surface area contributed by atoms with Crippen LogP contribution in [0.4, 0.5) is 0 Å². The van der Waals surface area contributed by atoms with Crippen LogP contribution in [0.2, 0.25) is 0 Å². The van der Waals surface area contributed by atoms with Crippen LogP contribution in [0.3, 0.4) is 0 Å². The molecular weight excluding hydrogens is 234 g/mol. The zero-order valence-electron chi connectivity index (χ0n) is 11.0. The van der Waals surface area contributed by atoms with Gasteiger partial charge in [-0.2, -0.15) is 0 Å². The fraction of sp³-hybridized carbons (Fsp3) is 0.118. The van der Waals surface area contributed by atoms with Gasteiger partial charge in [0.15, 0.2) is 0 Å². The number of phenols is 1. The van der Waals surface area contributed by atoms with Crippen LogP contribution in [0.1, 0.15) is 11.1 Å². The van der Waals surface area contributed by atoms with Crippen LogP contribution in [-0.4, -0.2) is 10.1 Å². The molecule has 0 amide bonds. The number of pyridine rings is 1. The Balaban J connectivity index is 2.37. The molecule has 0 radical (unpaired) electrons. The van der Waals surface area contributed by atoms with Crippen molar-refractivity contribution in [1.29, 1.82) is 0 Å². The number of hydrogen-bond acceptors (Lipinski definition) is 2. The Morgan fingerprint density at radius 1 is 0.842 bits per heavy atom. The van der Waals surface area contributed by atoms with Crippen molar-refractivity contribution in [2.24, 2.45) is 0 Å². The third-order valence-electron chi connectivity index (χ3n) is 3.62. The molecule has 0 bridgehead atoms. The summed E-state index contributed by atoms with van der Waals surface area (Å²) in [5.74, 6) is 0.271. The average Bonchev–Trinajstić information content (AvgIpc) is 2.44. The zero-order valence-corrected chi connectivity index (χ0v) is 11.0. The molecule has 1 aromatic heterocycles. The summed E-state index contributed by atoms with van der Waals surface area (Å²) in [6.45, 7) is 4.15. The monoisotopic (exact) mass is 249 g/mol. The maximum Gasteiger partial charge on any atom is 0.124 e. The lowest BCUT2D eigenvalue weighted by molar-refractivity contribution is 0.477. The highest BCUT2D eigenvalue weighted by atomic mass is 16.3. The Kier molecular flexibility index (Phi) is 2.71. The van der Waals surface area contributed by atoms with Crippen molar-refractivity contribution in [3.8, 4) is 17.0 Å². The van der Waals surface area contributed by atoms with E-state index in [0.717, 1.165) is 22.3 Å². The van der Waals surface area contributed by atoms with Gasteiger partial charge in [-0.25, -0.2) is 4.98 Å². The lowest BCUT2D eigenvalue weighted by Gasteiger charge is -2.12. The predicted molar refractivity (Wildman–Crippen MR) is 78.3 cm³/mol. The number of aromatic nitrogens is 1. The van der Waals surface area contributed by atoms with Crippen molar-refractivity contribution < 1.29 is 5.11 Å². The fourth-order valence-corrected chi connectivity index (χ4v) is 2.41. The first kappa shape index (κ1) is 11.7. The van der Waals surface area contributed by atoms with Gasteiger partial charge in [-0.3, -0.25) is 0 Å². The van der Waals surface area contributed by atoms with E-state index in [2.05, 4.69) is 19.9 Å². The highest BCUT2D eigenvalue weighted by Crippen LogP contribution is 2.33. The summed E-state index contributed by atoms with van der Waals surface area (Å²) < 4.78 is 0. The SMILES string of the molecule is Cc1c(-c2ccccc2O)nc2ccccc2c1C. The van der Waals surface area contributed by atoms with Crippen LogP contribution < -0.4 is 0 Å². The third kappa shape index (κ3) is 1.85. The van der Waals surface area contributed by atoms with Gasteiger partial charge in [0.05, 0.1) is 11.2 Å². The van der Waals surface area contributed by atoms with E-state index in [1.807, 2.05) is 36.4 Å². The molecule has 0 aliphatic carbocycles. The molecule has 0 saturated carbocycles. The van der Waals surface area contributed by atoms with E-state index in [4.69, 9.17) is 4.98 Å². The van der Waals surface area contributed by atoms with Gasteiger partial charge < -0.3 is 5.11 Å². The molecule has 0 fully saturated rings. The second kappa shape index (κ2) is 4.39. The molecule has 1 heterocycles. The van der Waals surface area contributed by atoms with E-state index >= 15 is 0 Å². The molecule has 0 spiro atoms. The van der Waals surface area contributed by atoms with Crippen LogP contribution in [0, 0.1) is 13.8 Å². The topological polar surface area (TPSA) is 33.1 Å². The molecule has 2 nitrogen and oxygen atoms in total. The van der Waals surface area contributed by atoms with Gasteiger partial charge in [-0.15, -0.1) is 0 Å². The van der Waals surface area contributed by atoms with E-state index < -0.39 is 0 Å². The van der Waals surface area contributed by atoms with Gasteiger partial charge >= 0.3 is 0 Å². The summed E-state index contributed by atoms with van der Waals surface area (Å²) >= 11 is 0. The van der Waals surface area contributed by atoms with E-state index in [0.29, 0.717) is 0 Å². The molecule has 0 saturated heterocycles. The van der Waals surface area contributed by atoms with Gasteiger partial charge in [0, 0.05) is 10.9 Å². The van der Waals surface area contributed by atoms with Crippen LogP contribution in [0.15, 0.2) is 48.5 Å². The Labute approximate surface area is 112 Å². The predicted octanol–water partition coefficient (Wildman–Crippen LogP) is 4.22. The molecule has 2 heteroatoms. The highest BCUT2D eigenvalue weighted by molar-refractivity contribution is 5.87. The van der Waals surface area contributed by atoms with E-state index in [9.17, 15) is 5.11 Å². The molecule has 0 aliphatic heterocycles. The Morgan fingerprint density at radius 3 is 2.32 bits per heavy atom. The molecule has 2 aromatic carbocycles. The third-order valence-corrected chi connectivity index (χ3v) is 3.62. The summed E-state index contributed by atoms with van der Waals surface area (Å²) in [6.07, 6.45) is 0. The molecule has 94 valence electrons. The summed E-state index contributed by atoms with van der Waals surface area (Å²) in [7, 11) is 0. The van der Waals surface area contributed by atoms with Crippen molar-refractivity contribution in [1.82, 2.24) is 4.98 Å². The smallest absolute Gasteiger partial charge is 0.124 e. The first-order valence-corrected chi connectivity index (χ1v) is 6.33. The minimum absolute atomic E-state index is 0.271. The van der Waals surface area contributed by atoms with Gasteiger partial charge in [0.25, 0.3) is 0 Å². The molecule has 0 atom stereocenters. The first-order chi connectivity index (χ1) is 9.18. The minimum Gasteiger partial charge on any atom is -0.507 e. The number of para-hydroxylation sites is 2. The Morgan fingerprint density at radius 2 is 1.53 bits per heavy atom. The lowest BCUT2D eigenvalue weighted by atomic mass is 9.98. The van der Waals surface area contributed by atoms with Gasteiger partial charge in [-0.05, 0) is 43.2 Å². The van der Waals surface area contributed by atoms with Crippen LogP contribution in [-0.2, 0) is 0 Å². The quantitative estimate of drug-likeness (QED) is 0.700. The molecule has 3 rings (SSSR count). The van der Waals surface area contributed by atoms with Crippen molar-refractivity contribution in [2.75, 3.05) is 0 Å². The van der Waals surface area contributed by atoms with Crippen molar-refractivity contribution in [3.63, 3.8) is 0 Å². The normalized spacial score (nSPS) is 10.8. The molecular formula is C17H15NO. The summed E-state index contributed by atoms with van der Waals surface area (Å²) in [6, 6.07) is 15.4. The average molecular weight is 249 g/mol. The summed E-state index contributed by atoms with van der Waals surface area (Å²) in [5, 5.41) is 11.2. The Hall–Kier alpha value is -2.35. The number of aryl methyl sites for hydroxylation is 1. The van der Waals surface area contributed by atoms with E-state index in [1.165, 1.54) is 10.9 Å². The van der Waals surface area contributed by atoms with E-state index in [1.54, 1.807) is 6.07 Å². The van der Waals surface area contributed by atoms with Gasteiger partial charge in [0.1, 0.15) is 5.75 Å².